The van der Waals surface area contributed by atoms with E-state index in [-0.39, 0.29) is 5.91 Å². The first-order chi connectivity index (χ1) is 9.63. The maximum atomic E-state index is 12.2. The van der Waals surface area contributed by atoms with Crippen LogP contribution in [0.5, 0.6) is 0 Å². The van der Waals surface area contributed by atoms with Crippen LogP contribution in [0.4, 0.5) is 10.8 Å². The van der Waals surface area contributed by atoms with Crippen LogP contribution in [0.15, 0.2) is 0 Å². The fourth-order valence-electron chi connectivity index (χ4n) is 2.88. The van der Waals surface area contributed by atoms with E-state index in [0.29, 0.717) is 23.3 Å². The van der Waals surface area contributed by atoms with E-state index in [1.165, 1.54) is 30.8 Å². The van der Waals surface area contributed by atoms with E-state index in [1.807, 2.05) is 0 Å². The molecule has 110 valence electrons. The van der Waals surface area contributed by atoms with E-state index < -0.39 is 0 Å². The zero-order valence-electron chi connectivity index (χ0n) is 11.8. The Morgan fingerprint density at radius 2 is 2.20 bits per heavy atom. The minimum atomic E-state index is -0.0824. The van der Waals surface area contributed by atoms with Crippen molar-refractivity contribution in [2.75, 3.05) is 17.6 Å². The highest BCUT2D eigenvalue weighted by Gasteiger charge is 2.28. The molecule has 1 aromatic heterocycles. The molecule has 0 aromatic carbocycles. The molecular weight excluding hydrogens is 272 g/mol. The molecule has 3 rings (SSSR count). The maximum Gasteiger partial charge on any atom is 0.258 e. The lowest BCUT2D eigenvalue weighted by atomic mass is 10.1. The summed E-state index contributed by atoms with van der Waals surface area (Å²) in [5.41, 5.74) is 6.38. The Morgan fingerprint density at radius 1 is 1.40 bits per heavy atom. The third-order valence-electron chi connectivity index (χ3n) is 4.21. The van der Waals surface area contributed by atoms with Gasteiger partial charge in [0.2, 0.25) is 0 Å². The second kappa shape index (κ2) is 5.60. The van der Waals surface area contributed by atoms with Gasteiger partial charge < -0.3 is 16.4 Å². The molecule has 0 saturated heterocycles. The molecule has 2 unspecified atom stereocenters. The lowest BCUT2D eigenvalue weighted by Gasteiger charge is -2.12. The maximum absolute atomic E-state index is 12.2. The Hall–Kier alpha value is -1.30. The second-order valence-electron chi connectivity index (χ2n) is 6.18. The minimum Gasteiger partial charge on any atom is -0.382 e. The lowest BCUT2D eigenvalue weighted by molar-refractivity contribution is 0.0953. The predicted molar refractivity (Wildman–Crippen MR) is 82.0 cm³/mol. The summed E-state index contributed by atoms with van der Waals surface area (Å²) < 4.78 is 4.12. The zero-order chi connectivity index (χ0) is 14.1. The molecule has 0 bridgehead atoms. The van der Waals surface area contributed by atoms with Crippen LogP contribution in [-0.4, -0.2) is 22.9 Å². The fourth-order valence-corrected chi connectivity index (χ4v) is 3.59. The average Bonchev–Trinajstić information content (AvgIpc) is 2.99. The first kappa shape index (κ1) is 13.7. The molecule has 0 radical (unpaired) electrons. The molecule has 2 aliphatic rings. The first-order valence-electron chi connectivity index (χ1n) is 7.43. The van der Waals surface area contributed by atoms with Gasteiger partial charge in [-0.25, -0.2) is 0 Å². The number of nitrogens with one attached hydrogen (secondary N) is 2. The van der Waals surface area contributed by atoms with E-state index in [0.717, 1.165) is 30.3 Å². The number of nitrogens with zero attached hydrogens (tertiary/aromatic N) is 1. The third-order valence-corrected chi connectivity index (χ3v) is 5.03. The van der Waals surface area contributed by atoms with Crippen molar-refractivity contribution in [2.45, 2.75) is 45.1 Å². The molecular formula is C14H22N4OS. The Bertz CT molecular complexity index is 497. The van der Waals surface area contributed by atoms with Crippen LogP contribution >= 0.6 is 11.5 Å². The number of rotatable bonds is 5. The fraction of sp³-hybridized carbons (Fsp3) is 0.714. The van der Waals surface area contributed by atoms with E-state index >= 15 is 0 Å². The number of amides is 1. The van der Waals surface area contributed by atoms with Gasteiger partial charge in [-0.3, -0.25) is 4.79 Å². The van der Waals surface area contributed by atoms with Crippen LogP contribution in [0, 0.1) is 11.8 Å². The van der Waals surface area contributed by atoms with Crippen molar-refractivity contribution in [3.8, 4) is 0 Å². The molecule has 5 nitrogen and oxygen atoms in total. The average molecular weight is 294 g/mol. The molecule has 0 spiro atoms. The lowest BCUT2D eigenvalue weighted by Crippen LogP contribution is -2.26. The highest BCUT2D eigenvalue weighted by Crippen LogP contribution is 2.32. The quantitative estimate of drug-likeness (QED) is 0.779. The van der Waals surface area contributed by atoms with Crippen molar-refractivity contribution < 1.29 is 4.79 Å². The van der Waals surface area contributed by atoms with Gasteiger partial charge in [-0.15, -0.1) is 0 Å². The zero-order valence-corrected chi connectivity index (χ0v) is 12.6. The monoisotopic (exact) mass is 294 g/mol. The Morgan fingerprint density at radius 3 is 2.85 bits per heavy atom. The number of nitrogen functional groups attached to an aromatic ring is 1. The van der Waals surface area contributed by atoms with Crippen LogP contribution in [0.3, 0.4) is 0 Å². The molecule has 1 aromatic rings. The third kappa shape index (κ3) is 3.06. The molecule has 1 amide bonds. The predicted octanol–water partition coefficient (Wildman–Crippen LogP) is 2.47. The molecule has 4 N–H and O–H groups in total. The largest absolute Gasteiger partial charge is 0.382 e. The van der Waals surface area contributed by atoms with Crippen molar-refractivity contribution in [1.29, 1.82) is 0 Å². The van der Waals surface area contributed by atoms with Crippen LogP contribution in [0.25, 0.3) is 0 Å². The van der Waals surface area contributed by atoms with E-state index in [2.05, 4.69) is 21.9 Å². The molecule has 20 heavy (non-hydrogen) atoms. The summed E-state index contributed by atoms with van der Waals surface area (Å²) in [7, 11) is 0. The van der Waals surface area contributed by atoms with Crippen molar-refractivity contribution in [3.05, 3.63) is 5.56 Å². The number of carbonyl (C=O) groups excluding carboxylic acids is 1. The van der Waals surface area contributed by atoms with Crippen LogP contribution < -0.4 is 16.4 Å². The van der Waals surface area contributed by atoms with Gasteiger partial charge in [-0.2, -0.15) is 4.37 Å². The summed E-state index contributed by atoms with van der Waals surface area (Å²) in [6.45, 7) is 3.22. The summed E-state index contributed by atoms with van der Waals surface area (Å²) in [6, 6.07) is 0.338. The molecule has 2 atom stereocenters. The van der Waals surface area contributed by atoms with Gasteiger partial charge in [0.15, 0.2) is 5.82 Å². The van der Waals surface area contributed by atoms with E-state index in [9.17, 15) is 4.79 Å². The number of hydrogen-bond donors (Lipinski definition) is 3. The number of carbonyl (C=O) groups is 1. The highest BCUT2D eigenvalue weighted by molar-refractivity contribution is 7.11. The van der Waals surface area contributed by atoms with Crippen LogP contribution in [-0.2, 0) is 0 Å². The minimum absolute atomic E-state index is 0.0824. The first-order valence-corrected chi connectivity index (χ1v) is 8.20. The van der Waals surface area contributed by atoms with Crippen molar-refractivity contribution >= 4 is 28.3 Å². The SMILES string of the molecule is CC1CCC(CNc2snc(N)c2C(=O)NC2CC2)C1. The molecule has 1 heterocycles. The summed E-state index contributed by atoms with van der Waals surface area (Å²) in [4.78, 5) is 12.2. The van der Waals surface area contributed by atoms with E-state index in [1.54, 1.807) is 0 Å². The van der Waals surface area contributed by atoms with Crippen LogP contribution in [0.1, 0.15) is 49.4 Å². The smallest absolute Gasteiger partial charge is 0.258 e. The molecule has 0 aliphatic heterocycles. The van der Waals surface area contributed by atoms with Crippen molar-refractivity contribution in [2.24, 2.45) is 11.8 Å². The molecule has 2 fully saturated rings. The Kier molecular flexibility index (Phi) is 3.83. The summed E-state index contributed by atoms with van der Waals surface area (Å²) in [6.07, 6.45) is 6.00. The molecule has 2 saturated carbocycles. The Labute approximate surface area is 123 Å². The normalized spacial score (nSPS) is 25.6. The summed E-state index contributed by atoms with van der Waals surface area (Å²) in [5, 5.41) is 7.19. The summed E-state index contributed by atoms with van der Waals surface area (Å²) in [5.74, 6) is 1.79. The number of anilines is 2. The number of nitrogens with two attached hydrogens (primary N) is 1. The van der Waals surface area contributed by atoms with Gasteiger partial charge in [-0.05, 0) is 49.1 Å². The standard InChI is InChI=1S/C14H22N4OS/c1-8-2-3-9(6-8)7-16-14-11(12(15)18-20-14)13(19)17-10-4-5-10/h8-10,16H,2-7H2,1H3,(H2,15,18)(H,17,19). The van der Waals surface area contributed by atoms with Gasteiger partial charge in [0.05, 0.1) is 0 Å². The van der Waals surface area contributed by atoms with E-state index in [4.69, 9.17) is 5.73 Å². The highest BCUT2D eigenvalue weighted by atomic mass is 32.1. The van der Waals surface area contributed by atoms with Gasteiger partial charge in [0.25, 0.3) is 5.91 Å². The number of aromatic nitrogens is 1. The van der Waals surface area contributed by atoms with Crippen LogP contribution in [0.2, 0.25) is 0 Å². The van der Waals surface area contributed by atoms with Gasteiger partial charge in [-0.1, -0.05) is 13.3 Å². The van der Waals surface area contributed by atoms with Gasteiger partial charge in [0.1, 0.15) is 10.6 Å². The number of hydrogen-bond acceptors (Lipinski definition) is 5. The molecule has 6 heteroatoms. The van der Waals surface area contributed by atoms with Crippen molar-refractivity contribution in [1.82, 2.24) is 9.69 Å². The second-order valence-corrected chi connectivity index (χ2v) is 6.96. The van der Waals surface area contributed by atoms with Crippen molar-refractivity contribution in [3.63, 3.8) is 0 Å². The topological polar surface area (TPSA) is 80.0 Å². The molecule has 2 aliphatic carbocycles. The Balaban J connectivity index is 1.62. The van der Waals surface area contributed by atoms with Gasteiger partial charge in [0, 0.05) is 12.6 Å². The summed E-state index contributed by atoms with van der Waals surface area (Å²) >= 11 is 1.29. The van der Waals surface area contributed by atoms with Gasteiger partial charge >= 0.3 is 0 Å².